The lowest BCUT2D eigenvalue weighted by Gasteiger charge is -2.32. The first-order valence-corrected chi connectivity index (χ1v) is 12.3. The molecule has 1 unspecified atom stereocenters. The van der Waals surface area contributed by atoms with Gasteiger partial charge in [-0.05, 0) is 49.9 Å². The molecule has 2 heterocycles. The van der Waals surface area contributed by atoms with Crippen LogP contribution in [0.2, 0.25) is 0 Å². The molecule has 2 aromatic carbocycles. The summed E-state index contributed by atoms with van der Waals surface area (Å²) >= 11 is 0. The number of nitrogens with zero attached hydrogens (tertiary/aromatic N) is 1. The molecule has 2 aliphatic heterocycles. The van der Waals surface area contributed by atoms with Gasteiger partial charge in [0.15, 0.2) is 6.10 Å². The molecule has 2 aromatic rings. The smallest absolute Gasteiger partial charge is 0.265 e. The van der Waals surface area contributed by atoms with Gasteiger partial charge in [-0.2, -0.15) is 4.31 Å². The second-order valence-electron chi connectivity index (χ2n) is 8.27. The van der Waals surface area contributed by atoms with E-state index in [1.165, 1.54) is 22.5 Å². The number of benzene rings is 2. The fourth-order valence-corrected chi connectivity index (χ4v) is 5.82. The molecule has 8 nitrogen and oxygen atoms in total. The van der Waals surface area contributed by atoms with Gasteiger partial charge in [-0.1, -0.05) is 19.1 Å². The Morgan fingerprint density at radius 2 is 1.94 bits per heavy atom. The molecule has 176 valence electrons. The highest BCUT2D eigenvalue weighted by molar-refractivity contribution is 7.89. The van der Waals surface area contributed by atoms with Crippen LogP contribution in [0.1, 0.15) is 31.7 Å². The van der Waals surface area contributed by atoms with Crippen LogP contribution >= 0.6 is 0 Å². The van der Waals surface area contributed by atoms with E-state index in [0.717, 1.165) is 0 Å². The molecule has 1 atom stereocenters. The van der Waals surface area contributed by atoms with Crippen LogP contribution in [0.3, 0.4) is 0 Å². The molecule has 1 fully saturated rings. The monoisotopic (exact) mass is 475 g/mol. The largest absolute Gasteiger partial charge is 0.478 e. The van der Waals surface area contributed by atoms with Gasteiger partial charge in [0.1, 0.15) is 11.6 Å². The standard InChI is InChI=1S/C23H26FN3O5S/c1-3-19-23(29)26-18-12-14(2)21(13-20(18)32-19)33(30,31)27-10-8-15(9-11-27)22(28)25-17-7-5-4-6-16(17)24/h4-7,12-13,15,19H,3,8-11H2,1-2H3,(H,25,28)(H,26,29). The van der Waals surface area contributed by atoms with E-state index in [4.69, 9.17) is 4.74 Å². The molecule has 0 radical (unpaired) electrons. The normalized spacial score (nSPS) is 19.4. The number of fused-ring (bicyclic) bond motifs is 1. The summed E-state index contributed by atoms with van der Waals surface area (Å²) in [6.07, 6.45) is 0.450. The molecule has 0 aliphatic carbocycles. The Balaban J connectivity index is 1.47. The minimum atomic E-state index is -3.83. The molecule has 33 heavy (non-hydrogen) atoms. The molecule has 10 heteroatoms. The van der Waals surface area contributed by atoms with Crippen LogP contribution in [0.4, 0.5) is 15.8 Å². The summed E-state index contributed by atoms with van der Waals surface area (Å²) in [5.74, 6) is -1.18. The van der Waals surface area contributed by atoms with E-state index in [0.29, 0.717) is 36.3 Å². The minimum Gasteiger partial charge on any atom is -0.478 e. The summed E-state index contributed by atoms with van der Waals surface area (Å²) < 4.78 is 47.6. The highest BCUT2D eigenvalue weighted by Crippen LogP contribution is 2.36. The number of hydrogen-bond acceptors (Lipinski definition) is 5. The predicted octanol–water partition coefficient (Wildman–Crippen LogP) is 3.28. The zero-order chi connectivity index (χ0) is 23.8. The summed E-state index contributed by atoms with van der Waals surface area (Å²) in [5, 5.41) is 5.35. The van der Waals surface area contributed by atoms with E-state index in [2.05, 4.69) is 10.6 Å². The summed E-state index contributed by atoms with van der Waals surface area (Å²) in [6.45, 7) is 3.82. The minimum absolute atomic E-state index is 0.111. The van der Waals surface area contributed by atoms with Gasteiger partial charge in [0.05, 0.1) is 16.3 Å². The number of halogens is 1. The fraction of sp³-hybridized carbons (Fsp3) is 0.391. The van der Waals surface area contributed by atoms with Crippen LogP contribution in [0.5, 0.6) is 5.75 Å². The molecular weight excluding hydrogens is 449 g/mol. The Kier molecular flexibility index (Phi) is 6.40. The Bertz CT molecular complexity index is 1190. The molecule has 4 rings (SSSR count). The number of aryl methyl sites for hydroxylation is 1. The fourth-order valence-electron chi connectivity index (χ4n) is 4.13. The summed E-state index contributed by atoms with van der Waals surface area (Å²) in [7, 11) is -3.83. The Morgan fingerprint density at radius 3 is 2.61 bits per heavy atom. The highest BCUT2D eigenvalue weighted by Gasteiger charge is 2.35. The van der Waals surface area contributed by atoms with Crippen molar-refractivity contribution in [2.75, 3.05) is 23.7 Å². The van der Waals surface area contributed by atoms with Crippen molar-refractivity contribution in [1.82, 2.24) is 4.31 Å². The van der Waals surface area contributed by atoms with Gasteiger partial charge < -0.3 is 15.4 Å². The van der Waals surface area contributed by atoms with E-state index in [-0.39, 0.29) is 35.5 Å². The van der Waals surface area contributed by atoms with E-state index < -0.39 is 27.9 Å². The van der Waals surface area contributed by atoms with Gasteiger partial charge in [0, 0.05) is 25.1 Å². The van der Waals surface area contributed by atoms with Crippen LogP contribution in [0.15, 0.2) is 41.3 Å². The quantitative estimate of drug-likeness (QED) is 0.691. The molecule has 0 bridgehead atoms. The van der Waals surface area contributed by atoms with Crippen LogP contribution in [-0.2, 0) is 19.6 Å². The van der Waals surface area contributed by atoms with Gasteiger partial charge in [0.2, 0.25) is 15.9 Å². The van der Waals surface area contributed by atoms with Crippen LogP contribution in [-0.4, -0.2) is 43.7 Å². The number of nitrogens with one attached hydrogen (secondary N) is 2. The molecular formula is C23H26FN3O5S. The lowest BCUT2D eigenvalue weighted by molar-refractivity contribution is -0.123. The average molecular weight is 476 g/mol. The molecule has 2 N–H and O–H groups in total. The van der Waals surface area contributed by atoms with E-state index >= 15 is 0 Å². The average Bonchev–Trinajstić information content (AvgIpc) is 2.79. The number of hydrogen-bond donors (Lipinski definition) is 2. The van der Waals surface area contributed by atoms with Crippen molar-refractivity contribution in [2.24, 2.45) is 5.92 Å². The number of ether oxygens (including phenoxy) is 1. The Hall–Kier alpha value is -2.98. The second kappa shape index (κ2) is 9.11. The van der Waals surface area contributed by atoms with Crippen molar-refractivity contribution >= 4 is 33.2 Å². The SMILES string of the molecule is CCC1Oc2cc(S(=O)(=O)N3CCC(C(=O)Nc4ccccc4F)CC3)c(C)cc2NC1=O. The van der Waals surface area contributed by atoms with Gasteiger partial charge in [-0.25, -0.2) is 12.8 Å². The first-order chi connectivity index (χ1) is 15.7. The summed E-state index contributed by atoms with van der Waals surface area (Å²) in [4.78, 5) is 24.7. The third-order valence-corrected chi connectivity index (χ3v) is 8.08. The number of sulfonamides is 1. The van der Waals surface area contributed by atoms with Gasteiger partial charge in [-0.15, -0.1) is 0 Å². The number of carbonyl (C=O) groups excluding carboxylic acids is 2. The van der Waals surface area contributed by atoms with Crippen molar-refractivity contribution in [2.45, 2.75) is 44.1 Å². The lowest BCUT2D eigenvalue weighted by Crippen LogP contribution is -2.41. The second-order valence-corrected chi connectivity index (χ2v) is 10.2. The van der Waals surface area contributed by atoms with E-state index in [1.54, 1.807) is 25.1 Å². The first kappa shape index (κ1) is 23.2. The van der Waals surface area contributed by atoms with Gasteiger partial charge in [0.25, 0.3) is 5.91 Å². The number of amides is 2. The summed E-state index contributed by atoms with van der Waals surface area (Å²) in [6, 6.07) is 8.98. The Labute approximate surface area is 192 Å². The molecule has 2 aliphatic rings. The number of piperidine rings is 1. The maximum absolute atomic E-state index is 13.8. The van der Waals surface area contributed by atoms with E-state index in [1.807, 2.05) is 6.92 Å². The van der Waals surface area contributed by atoms with Crippen molar-refractivity contribution < 1.29 is 27.1 Å². The molecule has 0 aromatic heterocycles. The lowest BCUT2D eigenvalue weighted by atomic mass is 9.97. The van der Waals surface area contributed by atoms with Crippen molar-refractivity contribution in [3.05, 3.63) is 47.8 Å². The van der Waals surface area contributed by atoms with Crippen LogP contribution in [0, 0.1) is 18.7 Å². The third-order valence-electron chi connectivity index (χ3n) is 6.04. The molecule has 0 spiro atoms. The molecule has 1 saturated heterocycles. The van der Waals surface area contributed by atoms with Gasteiger partial charge in [-0.3, -0.25) is 9.59 Å². The van der Waals surface area contributed by atoms with Crippen molar-refractivity contribution in [3.63, 3.8) is 0 Å². The maximum Gasteiger partial charge on any atom is 0.265 e. The highest BCUT2D eigenvalue weighted by atomic mass is 32.2. The van der Waals surface area contributed by atoms with E-state index in [9.17, 15) is 22.4 Å². The summed E-state index contributed by atoms with van der Waals surface area (Å²) in [5.41, 5.74) is 1.05. The van der Waals surface area contributed by atoms with Crippen molar-refractivity contribution in [3.8, 4) is 5.75 Å². The zero-order valence-corrected chi connectivity index (χ0v) is 19.2. The predicted molar refractivity (Wildman–Crippen MR) is 121 cm³/mol. The molecule has 2 amide bonds. The zero-order valence-electron chi connectivity index (χ0n) is 18.4. The van der Waals surface area contributed by atoms with Crippen LogP contribution in [0.25, 0.3) is 0 Å². The van der Waals surface area contributed by atoms with Gasteiger partial charge >= 0.3 is 0 Å². The maximum atomic E-state index is 13.8. The number of rotatable bonds is 5. The third kappa shape index (κ3) is 4.58. The molecule has 0 saturated carbocycles. The van der Waals surface area contributed by atoms with Crippen LogP contribution < -0.4 is 15.4 Å². The Morgan fingerprint density at radius 1 is 1.24 bits per heavy atom. The number of para-hydroxylation sites is 1. The first-order valence-electron chi connectivity index (χ1n) is 10.9. The number of anilines is 2. The number of carbonyl (C=O) groups is 2. The topological polar surface area (TPSA) is 105 Å². The van der Waals surface area contributed by atoms with Crippen molar-refractivity contribution in [1.29, 1.82) is 0 Å².